The van der Waals surface area contributed by atoms with Crippen LogP contribution in [0.5, 0.6) is 0 Å². The fourth-order valence-electron chi connectivity index (χ4n) is 1.38. The summed E-state index contributed by atoms with van der Waals surface area (Å²) in [6, 6.07) is 4.76. The van der Waals surface area contributed by atoms with Crippen LogP contribution >= 0.6 is 11.3 Å². The molecular weight excluding hydrogens is 236 g/mol. The topological polar surface area (TPSA) is 54.2 Å². The molecule has 0 radical (unpaired) electrons. The van der Waals surface area contributed by atoms with Gasteiger partial charge in [-0.3, -0.25) is 0 Å². The summed E-state index contributed by atoms with van der Waals surface area (Å²) in [7, 11) is 3.81. The molecule has 5 nitrogen and oxygen atoms in total. The summed E-state index contributed by atoms with van der Waals surface area (Å²) in [6.45, 7) is 2.77. The van der Waals surface area contributed by atoms with Crippen LogP contribution in [0.25, 0.3) is 0 Å². The molecule has 2 aromatic rings. The second-order valence-corrected chi connectivity index (χ2v) is 4.90. The average molecular weight is 252 g/mol. The van der Waals surface area contributed by atoms with Gasteiger partial charge in [0, 0.05) is 11.9 Å². The Morgan fingerprint density at radius 3 is 3.00 bits per heavy atom. The van der Waals surface area contributed by atoms with Crippen LogP contribution in [-0.4, -0.2) is 24.3 Å². The van der Waals surface area contributed by atoms with Gasteiger partial charge in [-0.2, -0.15) is 0 Å². The summed E-state index contributed by atoms with van der Waals surface area (Å²) < 4.78 is 5.59. The number of hydrogen-bond acceptors (Lipinski definition) is 6. The highest BCUT2D eigenvalue weighted by atomic mass is 32.1. The highest BCUT2D eigenvalue weighted by molar-refractivity contribution is 7.09. The Bertz CT molecular complexity index is 454. The van der Waals surface area contributed by atoms with E-state index in [0.717, 1.165) is 6.54 Å². The lowest BCUT2D eigenvalue weighted by atomic mass is 10.3. The molecule has 0 aliphatic rings. The largest absolute Gasteiger partial charge is 0.406 e. The van der Waals surface area contributed by atoms with E-state index in [1.807, 2.05) is 32.0 Å². The molecular formula is C11H16N4OS. The third-order valence-corrected chi connectivity index (χ3v) is 3.39. The molecule has 0 saturated heterocycles. The zero-order valence-electron chi connectivity index (χ0n) is 10.2. The Labute approximate surface area is 104 Å². The Morgan fingerprint density at radius 1 is 1.53 bits per heavy atom. The van der Waals surface area contributed by atoms with E-state index in [0.29, 0.717) is 11.9 Å². The van der Waals surface area contributed by atoms with Crippen LogP contribution in [0.3, 0.4) is 0 Å². The van der Waals surface area contributed by atoms with E-state index in [2.05, 4.69) is 27.0 Å². The molecule has 0 spiro atoms. The normalized spacial score (nSPS) is 12.6. The van der Waals surface area contributed by atoms with Gasteiger partial charge in [0.15, 0.2) is 0 Å². The number of hydrogen-bond donors (Lipinski definition) is 1. The SMILES string of the molecule is CNC(C)c1nnc(N(C)Cc2cccs2)o1. The molecule has 0 aromatic carbocycles. The van der Waals surface area contributed by atoms with Gasteiger partial charge in [-0.15, -0.1) is 16.4 Å². The fraction of sp³-hybridized carbons (Fsp3) is 0.455. The van der Waals surface area contributed by atoms with Gasteiger partial charge in [-0.05, 0) is 25.4 Å². The van der Waals surface area contributed by atoms with Gasteiger partial charge in [0.1, 0.15) is 0 Å². The maximum Gasteiger partial charge on any atom is 0.318 e. The summed E-state index contributed by atoms with van der Waals surface area (Å²) in [4.78, 5) is 3.22. The van der Waals surface area contributed by atoms with Gasteiger partial charge < -0.3 is 14.6 Å². The predicted molar refractivity (Wildman–Crippen MR) is 68.2 cm³/mol. The Balaban J connectivity index is 2.04. The molecule has 1 atom stereocenters. The molecule has 0 fully saturated rings. The molecule has 2 rings (SSSR count). The van der Waals surface area contributed by atoms with Crippen LogP contribution in [0.15, 0.2) is 21.9 Å². The molecule has 0 aliphatic carbocycles. The molecule has 1 unspecified atom stereocenters. The zero-order chi connectivity index (χ0) is 12.3. The van der Waals surface area contributed by atoms with E-state index in [4.69, 9.17) is 4.42 Å². The van der Waals surface area contributed by atoms with Crippen LogP contribution in [0, 0.1) is 0 Å². The first-order chi connectivity index (χ1) is 8.20. The fourth-order valence-corrected chi connectivity index (χ4v) is 2.14. The molecule has 2 heterocycles. The summed E-state index contributed by atoms with van der Waals surface area (Å²) in [5, 5.41) is 13.2. The molecule has 0 bridgehead atoms. The quantitative estimate of drug-likeness (QED) is 0.882. The lowest BCUT2D eigenvalue weighted by Crippen LogP contribution is -2.16. The van der Waals surface area contributed by atoms with E-state index in [-0.39, 0.29) is 6.04 Å². The number of anilines is 1. The van der Waals surface area contributed by atoms with Crippen molar-refractivity contribution in [3.8, 4) is 0 Å². The van der Waals surface area contributed by atoms with Crippen molar-refractivity contribution in [2.24, 2.45) is 0 Å². The molecule has 6 heteroatoms. The van der Waals surface area contributed by atoms with Crippen molar-refractivity contribution in [3.63, 3.8) is 0 Å². The monoisotopic (exact) mass is 252 g/mol. The van der Waals surface area contributed by atoms with Crippen LogP contribution in [0.2, 0.25) is 0 Å². The number of nitrogens with one attached hydrogen (secondary N) is 1. The van der Waals surface area contributed by atoms with Crippen molar-refractivity contribution in [2.75, 3.05) is 19.0 Å². The third kappa shape index (κ3) is 2.83. The number of thiophene rings is 1. The van der Waals surface area contributed by atoms with Crippen LogP contribution < -0.4 is 10.2 Å². The van der Waals surface area contributed by atoms with Crippen LogP contribution in [0.4, 0.5) is 6.01 Å². The van der Waals surface area contributed by atoms with Gasteiger partial charge in [0.25, 0.3) is 0 Å². The Hall–Kier alpha value is -1.40. The molecule has 2 aromatic heterocycles. The highest BCUT2D eigenvalue weighted by Gasteiger charge is 2.14. The van der Waals surface area contributed by atoms with Crippen molar-refractivity contribution in [2.45, 2.75) is 19.5 Å². The minimum Gasteiger partial charge on any atom is -0.406 e. The van der Waals surface area contributed by atoms with Gasteiger partial charge in [0.2, 0.25) is 5.89 Å². The smallest absolute Gasteiger partial charge is 0.318 e. The first-order valence-corrected chi connectivity index (χ1v) is 6.33. The molecule has 0 amide bonds. The lowest BCUT2D eigenvalue weighted by molar-refractivity contribution is 0.432. The van der Waals surface area contributed by atoms with Crippen molar-refractivity contribution >= 4 is 17.4 Å². The van der Waals surface area contributed by atoms with Gasteiger partial charge in [-0.25, -0.2) is 0 Å². The minimum atomic E-state index is 0.0754. The van der Waals surface area contributed by atoms with Crippen molar-refractivity contribution in [1.29, 1.82) is 0 Å². The van der Waals surface area contributed by atoms with Gasteiger partial charge in [-0.1, -0.05) is 11.2 Å². The second kappa shape index (κ2) is 5.29. The second-order valence-electron chi connectivity index (χ2n) is 3.87. The average Bonchev–Trinajstić information content (AvgIpc) is 2.98. The van der Waals surface area contributed by atoms with E-state index >= 15 is 0 Å². The predicted octanol–water partition coefficient (Wildman–Crippen LogP) is 2.05. The summed E-state index contributed by atoms with van der Waals surface area (Å²) in [6.07, 6.45) is 0. The summed E-state index contributed by atoms with van der Waals surface area (Å²) >= 11 is 1.72. The maximum atomic E-state index is 5.59. The molecule has 0 aliphatic heterocycles. The maximum absolute atomic E-state index is 5.59. The van der Waals surface area contributed by atoms with Crippen molar-refractivity contribution in [3.05, 3.63) is 28.3 Å². The van der Waals surface area contributed by atoms with Crippen LogP contribution in [-0.2, 0) is 6.54 Å². The first-order valence-electron chi connectivity index (χ1n) is 5.45. The van der Waals surface area contributed by atoms with E-state index in [9.17, 15) is 0 Å². The van der Waals surface area contributed by atoms with Gasteiger partial charge >= 0.3 is 6.01 Å². The van der Waals surface area contributed by atoms with Crippen LogP contribution in [0.1, 0.15) is 23.7 Å². The van der Waals surface area contributed by atoms with E-state index in [1.165, 1.54) is 4.88 Å². The standard InChI is InChI=1S/C11H16N4OS/c1-8(12-2)10-13-14-11(16-10)15(3)7-9-5-4-6-17-9/h4-6,8,12H,7H2,1-3H3. The highest BCUT2D eigenvalue weighted by Crippen LogP contribution is 2.19. The molecule has 92 valence electrons. The number of nitrogens with zero attached hydrogens (tertiary/aromatic N) is 3. The number of aromatic nitrogens is 2. The molecule has 1 N–H and O–H groups in total. The van der Waals surface area contributed by atoms with Gasteiger partial charge in [0.05, 0.1) is 12.6 Å². The lowest BCUT2D eigenvalue weighted by Gasteiger charge is -2.12. The van der Waals surface area contributed by atoms with Crippen molar-refractivity contribution < 1.29 is 4.42 Å². The summed E-state index contributed by atoms with van der Waals surface area (Å²) in [5.41, 5.74) is 0. The first kappa shape index (κ1) is 12.1. The third-order valence-electron chi connectivity index (χ3n) is 2.53. The Kier molecular flexibility index (Phi) is 3.75. The number of rotatable bonds is 5. The summed E-state index contributed by atoms with van der Waals surface area (Å²) in [5.74, 6) is 0.612. The van der Waals surface area contributed by atoms with E-state index in [1.54, 1.807) is 11.3 Å². The molecule has 0 saturated carbocycles. The molecule has 17 heavy (non-hydrogen) atoms. The minimum absolute atomic E-state index is 0.0754. The van der Waals surface area contributed by atoms with Crippen molar-refractivity contribution in [1.82, 2.24) is 15.5 Å². The van der Waals surface area contributed by atoms with E-state index < -0.39 is 0 Å². The zero-order valence-corrected chi connectivity index (χ0v) is 11.0. The Morgan fingerprint density at radius 2 is 2.35 bits per heavy atom.